The second-order valence-corrected chi connectivity index (χ2v) is 4.99. The van der Waals surface area contributed by atoms with Crippen LogP contribution in [0.25, 0.3) is 0 Å². The largest absolute Gasteiger partial charge is 0.425 e. The molecule has 0 aliphatic heterocycles. The summed E-state index contributed by atoms with van der Waals surface area (Å²) >= 11 is 0. The molecule has 0 atom stereocenters. The lowest BCUT2D eigenvalue weighted by atomic mass is 9.81. The van der Waals surface area contributed by atoms with Crippen LogP contribution >= 0.6 is 0 Å². The first-order valence-corrected chi connectivity index (χ1v) is 6.63. The van der Waals surface area contributed by atoms with Gasteiger partial charge in [0, 0.05) is 6.07 Å². The second-order valence-electron chi connectivity index (χ2n) is 4.99. The normalized spacial score (nSPS) is 23.1. The Morgan fingerprint density at radius 1 is 1.37 bits per heavy atom. The Morgan fingerprint density at radius 3 is 2.63 bits per heavy atom. The third-order valence-corrected chi connectivity index (χ3v) is 3.75. The van der Waals surface area contributed by atoms with Crippen LogP contribution in [0.1, 0.15) is 39.0 Å². The third kappa shape index (κ3) is 3.49. The number of nitrogens with zero attached hydrogens (tertiary/aromatic N) is 1. The van der Waals surface area contributed by atoms with Crippen molar-refractivity contribution in [1.82, 2.24) is 4.98 Å². The maximum absolute atomic E-state index is 12.9. The minimum atomic E-state index is -1.19. The van der Waals surface area contributed by atoms with Gasteiger partial charge >= 0.3 is 5.97 Å². The molecule has 1 saturated carbocycles. The van der Waals surface area contributed by atoms with E-state index < -0.39 is 11.8 Å². The maximum atomic E-state index is 12.9. The molecule has 104 valence electrons. The fourth-order valence-electron chi connectivity index (χ4n) is 2.47. The number of hydrogen-bond donors (Lipinski definition) is 0. The minimum absolute atomic E-state index is 0.0403. The molecule has 0 bridgehead atoms. The van der Waals surface area contributed by atoms with Crippen LogP contribution in [0, 0.1) is 23.6 Å². The Morgan fingerprint density at radius 2 is 2.05 bits per heavy atom. The third-order valence-electron chi connectivity index (χ3n) is 3.75. The summed E-state index contributed by atoms with van der Waals surface area (Å²) in [5, 5.41) is 0. The van der Waals surface area contributed by atoms with Crippen LogP contribution in [0.5, 0.6) is 5.75 Å². The molecule has 1 fully saturated rings. The Labute approximate surface area is 111 Å². The number of hydrogen-bond acceptors (Lipinski definition) is 3. The number of ether oxygens (including phenoxy) is 1. The number of carbonyl (C=O) groups is 1. The molecule has 0 N–H and O–H groups in total. The maximum Gasteiger partial charge on any atom is 0.314 e. The zero-order valence-corrected chi connectivity index (χ0v) is 10.9. The van der Waals surface area contributed by atoms with Gasteiger partial charge in [-0.25, -0.2) is 9.37 Å². The van der Waals surface area contributed by atoms with E-state index in [0.717, 1.165) is 44.4 Å². The second kappa shape index (κ2) is 6.08. The fourth-order valence-corrected chi connectivity index (χ4v) is 2.47. The predicted octanol–water partition coefficient (Wildman–Crippen LogP) is 3.48. The Kier molecular flexibility index (Phi) is 4.45. The topological polar surface area (TPSA) is 39.2 Å². The first-order valence-electron chi connectivity index (χ1n) is 6.63. The summed E-state index contributed by atoms with van der Waals surface area (Å²) in [6.45, 7) is 2.15. The monoisotopic (exact) mass is 269 g/mol. The molecule has 1 aliphatic rings. The molecule has 0 aromatic carbocycles. The molecule has 0 spiro atoms. The van der Waals surface area contributed by atoms with E-state index in [1.165, 1.54) is 0 Å². The van der Waals surface area contributed by atoms with Gasteiger partial charge in [-0.2, -0.15) is 4.39 Å². The van der Waals surface area contributed by atoms with E-state index >= 15 is 0 Å². The number of rotatable bonds is 3. The summed E-state index contributed by atoms with van der Waals surface area (Å²) in [5.41, 5.74) is 0. The molecule has 0 saturated heterocycles. The van der Waals surface area contributed by atoms with Crippen LogP contribution in [0.3, 0.4) is 0 Å². The van der Waals surface area contributed by atoms with Gasteiger partial charge in [-0.3, -0.25) is 4.79 Å². The molecular formula is C14H17F2NO2. The van der Waals surface area contributed by atoms with Crippen molar-refractivity contribution in [3.63, 3.8) is 0 Å². The van der Waals surface area contributed by atoms with E-state index in [0.29, 0.717) is 5.92 Å². The van der Waals surface area contributed by atoms with Gasteiger partial charge in [0.15, 0.2) is 11.6 Å². The molecule has 0 unspecified atom stereocenters. The van der Waals surface area contributed by atoms with E-state index in [4.69, 9.17) is 4.74 Å². The number of carbonyl (C=O) groups excluding carboxylic acids is 1. The average molecular weight is 269 g/mol. The number of halogens is 2. The summed E-state index contributed by atoms with van der Waals surface area (Å²) in [6, 6.07) is 0.845. The first-order chi connectivity index (χ1) is 9.10. The van der Waals surface area contributed by atoms with E-state index in [9.17, 15) is 13.6 Å². The highest BCUT2D eigenvalue weighted by Crippen LogP contribution is 2.31. The zero-order chi connectivity index (χ0) is 13.8. The molecule has 1 aromatic rings. The van der Waals surface area contributed by atoms with Gasteiger partial charge in [0.05, 0.1) is 12.1 Å². The quantitative estimate of drug-likeness (QED) is 0.623. The molecule has 19 heavy (non-hydrogen) atoms. The van der Waals surface area contributed by atoms with E-state index in [-0.39, 0.29) is 17.6 Å². The highest BCUT2D eigenvalue weighted by atomic mass is 19.2. The van der Waals surface area contributed by atoms with Crippen molar-refractivity contribution in [3.05, 3.63) is 24.0 Å². The summed E-state index contributed by atoms with van der Waals surface area (Å²) in [5.74, 6) is -2.17. The van der Waals surface area contributed by atoms with E-state index in [1.807, 2.05) is 0 Å². The lowest BCUT2D eigenvalue weighted by Gasteiger charge is -2.26. The van der Waals surface area contributed by atoms with Gasteiger partial charge in [-0.1, -0.05) is 13.3 Å². The van der Waals surface area contributed by atoms with Crippen molar-refractivity contribution in [2.24, 2.45) is 11.8 Å². The van der Waals surface area contributed by atoms with Gasteiger partial charge in [0.2, 0.25) is 5.95 Å². The van der Waals surface area contributed by atoms with Gasteiger partial charge in [0.1, 0.15) is 0 Å². The average Bonchev–Trinajstić information content (AvgIpc) is 2.43. The molecule has 3 nitrogen and oxygen atoms in total. The van der Waals surface area contributed by atoms with Gasteiger partial charge in [-0.05, 0) is 31.6 Å². The Hall–Kier alpha value is -1.52. The van der Waals surface area contributed by atoms with Crippen LogP contribution in [0.15, 0.2) is 12.3 Å². The van der Waals surface area contributed by atoms with Crippen LogP contribution in [0.2, 0.25) is 0 Å². The SMILES string of the molecule is CC[C@H]1CC[C@H](C(=O)Oc2cnc(F)c(F)c2)CC1. The zero-order valence-electron chi connectivity index (χ0n) is 10.9. The molecule has 5 heteroatoms. The van der Waals surface area contributed by atoms with Crippen molar-refractivity contribution < 1.29 is 18.3 Å². The number of aromatic nitrogens is 1. The first kappa shape index (κ1) is 13.9. The smallest absolute Gasteiger partial charge is 0.314 e. The minimum Gasteiger partial charge on any atom is -0.425 e. The lowest BCUT2D eigenvalue weighted by Crippen LogP contribution is -2.25. The molecular weight excluding hydrogens is 252 g/mol. The molecule has 0 radical (unpaired) electrons. The van der Waals surface area contributed by atoms with E-state index in [2.05, 4.69) is 11.9 Å². The van der Waals surface area contributed by atoms with Crippen LogP contribution in [-0.4, -0.2) is 11.0 Å². The van der Waals surface area contributed by atoms with Crippen molar-refractivity contribution >= 4 is 5.97 Å². The Balaban J connectivity index is 1.92. The van der Waals surface area contributed by atoms with Gasteiger partial charge in [-0.15, -0.1) is 0 Å². The van der Waals surface area contributed by atoms with Crippen molar-refractivity contribution in [1.29, 1.82) is 0 Å². The van der Waals surface area contributed by atoms with Crippen LogP contribution < -0.4 is 4.74 Å². The molecule has 1 heterocycles. The van der Waals surface area contributed by atoms with Gasteiger partial charge in [0.25, 0.3) is 0 Å². The predicted molar refractivity (Wildman–Crippen MR) is 65.5 cm³/mol. The fraction of sp³-hybridized carbons (Fsp3) is 0.571. The number of pyridine rings is 1. The standard InChI is InChI=1S/C14H17F2NO2/c1-2-9-3-5-10(6-4-9)14(18)19-11-7-12(15)13(16)17-8-11/h7-10H,2-6H2,1H3/t9-,10-. The highest BCUT2D eigenvalue weighted by Gasteiger charge is 2.27. The van der Waals surface area contributed by atoms with Gasteiger partial charge < -0.3 is 4.74 Å². The number of esters is 1. The van der Waals surface area contributed by atoms with E-state index in [1.54, 1.807) is 0 Å². The van der Waals surface area contributed by atoms with Crippen molar-refractivity contribution in [3.8, 4) is 5.75 Å². The lowest BCUT2D eigenvalue weighted by molar-refractivity contribution is -0.140. The Bertz CT molecular complexity index is 457. The molecule has 2 rings (SSSR count). The van der Waals surface area contributed by atoms with Crippen molar-refractivity contribution in [2.75, 3.05) is 0 Å². The highest BCUT2D eigenvalue weighted by molar-refractivity contribution is 5.75. The summed E-state index contributed by atoms with van der Waals surface area (Å²) in [4.78, 5) is 15.1. The van der Waals surface area contributed by atoms with Crippen molar-refractivity contribution in [2.45, 2.75) is 39.0 Å². The van der Waals surface area contributed by atoms with Crippen LogP contribution in [0.4, 0.5) is 8.78 Å². The van der Waals surface area contributed by atoms with Crippen LogP contribution in [-0.2, 0) is 4.79 Å². The summed E-state index contributed by atoms with van der Waals surface area (Å²) in [6.07, 6.45) is 5.80. The summed E-state index contributed by atoms with van der Waals surface area (Å²) in [7, 11) is 0. The summed E-state index contributed by atoms with van der Waals surface area (Å²) < 4.78 is 30.6. The molecule has 1 aromatic heterocycles. The molecule has 1 aliphatic carbocycles. The molecule has 0 amide bonds.